The molecule has 0 heterocycles. The van der Waals surface area contributed by atoms with E-state index in [2.05, 4.69) is 9.47 Å². The van der Waals surface area contributed by atoms with E-state index in [1.165, 1.54) is 0 Å². The Morgan fingerprint density at radius 2 is 1.79 bits per heavy atom. The topological polar surface area (TPSA) is 78.6 Å². The first kappa shape index (κ1) is 12.9. The second-order valence-electron chi connectivity index (χ2n) is 3.82. The second-order valence-corrected chi connectivity index (χ2v) is 3.82. The van der Waals surface area contributed by atoms with Gasteiger partial charge in [0.1, 0.15) is 0 Å². The van der Waals surface area contributed by atoms with Gasteiger partial charge in [-0.3, -0.25) is 0 Å². The molecule has 0 aromatic heterocycles. The zero-order valence-corrected chi connectivity index (χ0v) is 10.4. The highest BCUT2D eigenvalue weighted by Crippen LogP contribution is 2.24. The van der Waals surface area contributed by atoms with Crippen LogP contribution in [0.2, 0.25) is 0 Å². The molecular weight excluding hydrogens is 246 g/mol. The van der Waals surface area contributed by atoms with E-state index >= 15 is 0 Å². The average Bonchev–Trinajstić information content (AvgIpc) is 2.38. The third-order valence-corrected chi connectivity index (χ3v) is 2.61. The minimum Gasteiger partial charge on any atom is -0.434 e. The molecule has 0 bridgehead atoms. The van der Waals surface area contributed by atoms with Crippen molar-refractivity contribution in [3.05, 3.63) is 42.0 Å². The number of ether oxygens (including phenoxy) is 2. The second kappa shape index (κ2) is 5.39. The highest BCUT2D eigenvalue weighted by Gasteiger charge is 2.16. The van der Waals surface area contributed by atoms with Crippen LogP contribution in [0.25, 0.3) is 10.8 Å². The fraction of sp³-hybridized carbons (Fsp3) is 0.143. The van der Waals surface area contributed by atoms with Crippen molar-refractivity contribution in [3.63, 3.8) is 0 Å². The molecule has 0 amide bonds. The fourth-order valence-electron chi connectivity index (χ4n) is 1.79. The molecule has 5 nitrogen and oxygen atoms in total. The molecule has 2 N–H and O–H groups in total. The Bertz CT molecular complexity index is 636. The highest BCUT2D eigenvalue weighted by atomic mass is 16.7. The fourth-order valence-corrected chi connectivity index (χ4v) is 1.79. The van der Waals surface area contributed by atoms with E-state index in [4.69, 9.17) is 5.73 Å². The molecule has 0 unspecified atom stereocenters. The maximum atomic E-state index is 11.9. The van der Waals surface area contributed by atoms with Crippen LogP contribution in [-0.4, -0.2) is 18.7 Å². The van der Waals surface area contributed by atoms with E-state index in [-0.39, 0.29) is 12.2 Å². The molecule has 19 heavy (non-hydrogen) atoms. The maximum Gasteiger partial charge on any atom is 0.516 e. The van der Waals surface area contributed by atoms with Crippen LogP contribution in [-0.2, 0) is 9.47 Å². The van der Waals surface area contributed by atoms with Crippen molar-refractivity contribution in [2.45, 2.75) is 6.92 Å². The number of nitrogens with two attached hydrogens (primary N) is 1. The van der Waals surface area contributed by atoms with Gasteiger partial charge in [0.25, 0.3) is 0 Å². The van der Waals surface area contributed by atoms with Crippen molar-refractivity contribution in [1.29, 1.82) is 0 Å². The molecule has 5 heteroatoms. The molecule has 2 aromatic rings. The lowest BCUT2D eigenvalue weighted by atomic mass is 10.0. The monoisotopic (exact) mass is 259 g/mol. The first-order chi connectivity index (χ1) is 9.13. The number of carbonyl (C=O) groups excluding carboxylic acids is 2. The molecule has 0 saturated carbocycles. The van der Waals surface area contributed by atoms with Gasteiger partial charge in [-0.1, -0.05) is 24.3 Å². The number of fused-ring (bicyclic) bond motifs is 1. The molecule has 0 aliphatic carbocycles. The highest BCUT2D eigenvalue weighted by molar-refractivity contribution is 6.09. The first-order valence-corrected chi connectivity index (χ1v) is 5.79. The van der Waals surface area contributed by atoms with Crippen LogP contribution < -0.4 is 5.73 Å². The third-order valence-electron chi connectivity index (χ3n) is 2.61. The number of carbonyl (C=O) groups is 2. The standard InChI is InChI=1S/C14H13NO4/c1-2-18-14(17)19-13(16)11-7-3-6-10-9(11)5-4-8-12(10)15/h3-8H,2,15H2,1H3. The lowest BCUT2D eigenvalue weighted by Gasteiger charge is -2.07. The maximum absolute atomic E-state index is 11.9. The Morgan fingerprint density at radius 1 is 1.11 bits per heavy atom. The van der Waals surface area contributed by atoms with E-state index in [0.29, 0.717) is 11.1 Å². The molecule has 0 aliphatic rings. The van der Waals surface area contributed by atoms with Gasteiger partial charge in [-0.05, 0) is 24.4 Å². The van der Waals surface area contributed by atoms with Gasteiger partial charge in [0.15, 0.2) is 0 Å². The SMILES string of the molecule is CCOC(=O)OC(=O)c1cccc2c(N)cccc12. The largest absolute Gasteiger partial charge is 0.516 e. The summed E-state index contributed by atoms with van der Waals surface area (Å²) in [6.45, 7) is 1.78. The van der Waals surface area contributed by atoms with Crippen molar-refractivity contribution in [3.8, 4) is 0 Å². The van der Waals surface area contributed by atoms with E-state index in [9.17, 15) is 9.59 Å². The van der Waals surface area contributed by atoms with Crippen molar-refractivity contribution in [1.82, 2.24) is 0 Å². The summed E-state index contributed by atoms with van der Waals surface area (Å²) < 4.78 is 9.15. The number of hydrogen-bond acceptors (Lipinski definition) is 5. The molecule has 0 aliphatic heterocycles. The first-order valence-electron chi connectivity index (χ1n) is 5.79. The van der Waals surface area contributed by atoms with E-state index in [1.54, 1.807) is 43.3 Å². The van der Waals surface area contributed by atoms with Crippen LogP contribution in [0.15, 0.2) is 36.4 Å². The smallest absolute Gasteiger partial charge is 0.434 e. The van der Waals surface area contributed by atoms with Gasteiger partial charge in [0, 0.05) is 11.1 Å². The summed E-state index contributed by atoms with van der Waals surface area (Å²) in [7, 11) is 0. The molecule has 0 spiro atoms. The molecular formula is C14H13NO4. The summed E-state index contributed by atoms with van der Waals surface area (Å²) in [5.41, 5.74) is 6.66. The number of hydrogen-bond donors (Lipinski definition) is 1. The molecule has 98 valence electrons. The molecule has 0 fully saturated rings. The summed E-state index contributed by atoms with van der Waals surface area (Å²) in [6, 6.07) is 10.3. The summed E-state index contributed by atoms with van der Waals surface area (Å²) >= 11 is 0. The minimum absolute atomic E-state index is 0.147. The Morgan fingerprint density at radius 3 is 2.53 bits per heavy atom. The quantitative estimate of drug-likeness (QED) is 0.509. The predicted molar refractivity (Wildman–Crippen MR) is 70.8 cm³/mol. The van der Waals surface area contributed by atoms with Crippen molar-refractivity contribution in [2.24, 2.45) is 0 Å². The number of rotatable bonds is 2. The Hall–Kier alpha value is -2.56. The van der Waals surface area contributed by atoms with Gasteiger partial charge in [0.05, 0.1) is 12.2 Å². The predicted octanol–water partition coefficient (Wildman–Crippen LogP) is 2.74. The van der Waals surface area contributed by atoms with Gasteiger partial charge >= 0.3 is 12.1 Å². The van der Waals surface area contributed by atoms with Crippen LogP contribution >= 0.6 is 0 Å². The van der Waals surface area contributed by atoms with Crippen LogP contribution in [0.3, 0.4) is 0 Å². The lowest BCUT2D eigenvalue weighted by Crippen LogP contribution is -2.14. The molecule has 0 atom stereocenters. The normalized spacial score (nSPS) is 10.2. The van der Waals surface area contributed by atoms with Gasteiger partial charge in [-0.2, -0.15) is 0 Å². The van der Waals surface area contributed by atoms with E-state index < -0.39 is 12.1 Å². The van der Waals surface area contributed by atoms with Crippen molar-refractivity contribution < 1.29 is 19.1 Å². The average molecular weight is 259 g/mol. The zero-order valence-electron chi connectivity index (χ0n) is 10.4. The zero-order chi connectivity index (χ0) is 13.8. The minimum atomic E-state index is -1.01. The van der Waals surface area contributed by atoms with Gasteiger partial charge in [-0.15, -0.1) is 0 Å². The molecule has 2 aromatic carbocycles. The van der Waals surface area contributed by atoms with E-state index in [0.717, 1.165) is 5.39 Å². The van der Waals surface area contributed by atoms with Crippen LogP contribution in [0, 0.1) is 0 Å². The Labute approximate surface area is 109 Å². The van der Waals surface area contributed by atoms with Crippen LogP contribution in [0.4, 0.5) is 10.5 Å². The van der Waals surface area contributed by atoms with Gasteiger partial charge < -0.3 is 15.2 Å². The Balaban J connectivity index is 2.37. The number of benzene rings is 2. The summed E-state index contributed by atoms with van der Waals surface area (Å²) in [5.74, 6) is -0.755. The Kier molecular flexibility index (Phi) is 3.66. The number of nitrogen functional groups attached to an aromatic ring is 1. The third kappa shape index (κ3) is 2.65. The summed E-state index contributed by atoms with van der Waals surface area (Å²) in [4.78, 5) is 23.0. The lowest BCUT2D eigenvalue weighted by molar-refractivity contribution is 0.0403. The number of anilines is 1. The summed E-state index contributed by atoms with van der Waals surface area (Å²) in [5, 5.41) is 1.37. The molecule has 2 rings (SSSR count). The van der Waals surface area contributed by atoms with Gasteiger partial charge in [0.2, 0.25) is 0 Å². The number of esters is 1. The van der Waals surface area contributed by atoms with Crippen molar-refractivity contribution >= 4 is 28.6 Å². The van der Waals surface area contributed by atoms with Crippen LogP contribution in [0.5, 0.6) is 0 Å². The van der Waals surface area contributed by atoms with Gasteiger partial charge in [-0.25, -0.2) is 9.59 Å². The van der Waals surface area contributed by atoms with Crippen molar-refractivity contribution in [2.75, 3.05) is 12.3 Å². The molecule has 0 radical (unpaired) electrons. The summed E-state index contributed by atoms with van der Waals surface area (Å²) in [6.07, 6.45) is -1.01. The molecule has 0 saturated heterocycles. The van der Waals surface area contributed by atoms with E-state index in [1.807, 2.05) is 0 Å². The van der Waals surface area contributed by atoms with Crippen LogP contribution in [0.1, 0.15) is 17.3 Å².